The van der Waals surface area contributed by atoms with Gasteiger partial charge in [-0.3, -0.25) is 0 Å². The highest BCUT2D eigenvalue weighted by Gasteiger charge is 2.14. The van der Waals surface area contributed by atoms with E-state index in [1.807, 2.05) is 0 Å². The zero-order chi connectivity index (χ0) is 12.2. The summed E-state index contributed by atoms with van der Waals surface area (Å²) in [7, 11) is 0. The highest BCUT2D eigenvalue weighted by molar-refractivity contribution is 5.32. The Balaban J connectivity index is 2.53. The summed E-state index contributed by atoms with van der Waals surface area (Å²) in [6, 6.07) is 6.54. The van der Waals surface area contributed by atoms with Crippen molar-refractivity contribution in [3.8, 4) is 0 Å². The third-order valence-corrected chi connectivity index (χ3v) is 3.59. The van der Waals surface area contributed by atoms with Crippen LogP contribution in [0.1, 0.15) is 43.9 Å². The van der Waals surface area contributed by atoms with Crippen molar-refractivity contribution in [2.75, 3.05) is 6.54 Å². The van der Waals surface area contributed by atoms with Crippen molar-refractivity contribution in [1.29, 1.82) is 0 Å². The predicted molar refractivity (Wildman–Crippen MR) is 71.7 cm³/mol. The molecular formula is C15H25N. The largest absolute Gasteiger partial charge is 0.312 e. The normalized spacial score (nSPS) is 11.8. The van der Waals surface area contributed by atoms with E-state index < -0.39 is 0 Å². The molecule has 0 bridgehead atoms. The third-order valence-electron chi connectivity index (χ3n) is 3.59. The van der Waals surface area contributed by atoms with Crippen LogP contribution in [0, 0.1) is 19.3 Å². The fraction of sp³-hybridized carbons (Fsp3) is 0.600. The molecule has 0 aliphatic rings. The molecule has 0 unspecified atom stereocenters. The van der Waals surface area contributed by atoms with Gasteiger partial charge in [-0.15, -0.1) is 0 Å². The highest BCUT2D eigenvalue weighted by atomic mass is 14.9. The number of rotatable bonds is 5. The Morgan fingerprint density at radius 1 is 1.19 bits per heavy atom. The van der Waals surface area contributed by atoms with Gasteiger partial charge in [-0.2, -0.15) is 0 Å². The summed E-state index contributed by atoms with van der Waals surface area (Å²) >= 11 is 0. The molecule has 16 heavy (non-hydrogen) atoms. The predicted octanol–water partition coefficient (Wildman–Crippen LogP) is 3.83. The smallest absolute Gasteiger partial charge is 0.0208 e. The van der Waals surface area contributed by atoms with Gasteiger partial charge in [0.2, 0.25) is 0 Å². The summed E-state index contributed by atoms with van der Waals surface area (Å²) in [5.41, 5.74) is 4.63. The van der Waals surface area contributed by atoms with Gasteiger partial charge in [-0.1, -0.05) is 39.0 Å². The lowest BCUT2D eigenvalue weighted by Gasteiger charge is -2.23. The minimum absolute atomic E-state index is 0.401. The Morgan fingerprint density at radius 2 is 1.88 bits per heavy atom. The fourth-order valence-electron chi connectivity index (χ4n) is 1.66. The topological polar surface area (TPSA) is 12.0 Å². The van der Waals surface area contributed by atoms with Gasteiger partial charge >= 0.3 is 0 Å². The third kappa shape index (κ3) is 3.64. The van der Waals surface area contributed by atoms with E-state index in [9.17, 15) is 0 Å². The average Bonchev–Trinajstić information content (AvgIpc) is 2.24. The summed E-state index contributed by atoms with van der Waals surface area (Å²) in [6.07, 6.45) is 1.22. The molecule has 0 amide bonds. The highest BCUT2D eigenvalue weighted by Crippen LogP contribution is 2.18. The van der Waals surface area contributed by atoms with Crippen molar-refractivity contribution in [2.24, 2.45) is 5.41 Å². The Morgan fingerprint density at radius 3 is 2.50 bits per heavy atom. The van der Waals surface area contributed by atoms with Gasteiger partial charge < -0.3 is 5.32 Å². The quantitative estimate of drug-likeness (QED) is 0.793. The Labute approximate surface area is 100 Å². The molecule has 0 aliphatic heterocycles. The maximum atomic E-state index is 3.56. The van der Waals surface area contributed by atoms with Crippen LogP contribution < -0.4 is 5.32 Å². The molecular weight excluding hydrogens is 194 g/mol. The second kappa shape index (κ2) is 5.49. The summed E-state index contributed by atoms with van der Waals surface area (Å²) in [5.74, 6) is 0. The molecule has 0 saturated carbocycles. The first-order valence-corrected chi connectivity index (χ1v) is 6.22. The molecule has 0 atom stereocenters. The molecule has 0 spiro atoms. The first-order valence-electron chi connectivity index (χ1n) is 6.22. The lowest BCUT2D eigenvalue weighted by Crippen LogP contribution is -2.28. The number of hydrogen-bond donors (Lipinski definition) is 1. The van der Waals surface area contributed by atoms with Crippen LogP contribution in [-0.2, 0) is 6.54 Å². The van der Waals surface area contributed by atoms with E-state index in [0.29, 0.717) is 5.41 Å². The Kier molecular flexibility index (Phi) is 4.55. The maximum absolute atomic E-state index is 3.56. The SMILES string of the molecule is CCC(C)(C)CNCc1cccc(C)c1C. The van der Waals surface area contributed by atoms with Crippen LogP contribution in [-0.4, -0.2) is 6.54 Å². The molecule has 0 aromatic heterocycles. The molecule has 1 nitrogen and oxygen atoms in total. The minimum atomic E-state index is 0.401. The average molecular weight is 219 g/mol. The number of benzene rings is 1. The van der Waals surface area contributed by atoms with Crippen molar-refractivity contribution in [3.63, 3.8) is 0 Å². The van der Waals surface area contributed by atoms with E-state index in [0.717, 1.165) is 13.1 Å². The Hall–Kier alpha value is -0.820. The van der Waals surface area contributed by atoms with Crippen LogP contribution in [0.2, 0.25) is 0 Å². The van der Waals surface area contributed by atoms with Gasteiger partial charge in [0.1, 0.15) is 0 Å². The second-order valence-corrected chi connectivity index (χ2v) is 5.48. The van der Waals surface area contributed by atoms with Crippen molar-refractivity contribution in [1.82, 2.24) is 5.32 Å². The van der Waals surface area contributed by atoms with E-state index in [2.05, 4.69) is 58.1 Å². The first kappa shape index (κ1) is 13.2. The summed E-state index contributed by atoms with van der Waals surface area (Å²) in [5, 5.41) is 3.56. The van der Waals surface area contributed by atoms with E-state index in [4.69, 9.17) is 0 Å². The first-order chi connectivity index (χ1) is 7.46. The number of nitrogens with one attached hydrogen (secondary N) is 1. The molecule has 0 aliphatic carbocycles. The van der Waals surface area contributed by atoms with E-state index in [-0.39, 0.29) is 0 Å². The molecule has 0 radical (unpaired) electrons. The minimum Gasteiger partial charge on any atom is -0.312 e. The molecule has 0 saturated heterocycles. The van der Waals surface area contributed by atoms with Crippen LogP contribution in [0.15, 0.2) is 18.2 Å². The molecule has 1 aromatic carbocycles. The summed E-state index contributed by atoms with van der Waals surface area (Å²) in [4.78, 5) is 0. The lowest BCUT2D eigenvalue weighted by molar-refractivity contribution is 0.327. The van der Waals surface area contributed by atoms with Crippen molar-refractivity contribution in [3.05, 3.63) is 34.9 Å². The van der Waals surface area contributed by atoms with Crippen LogP contribution in [0.25, 0.3) is 0 Å². The van der Waals surface area contributed by atoms with Gasteiger partial charge in [-0.05, 0) is 42.4 Å². The monoisotopic (exact) mass is 219 g/mol. The number of hydrogen-bond acceptors (Lipinski definition) is 1. The van der Waals surface area contributed by atoms with Gasteiger partial charge in [-0.25, -0.2) is 0 Å². The summed E-state index contributed by atoms with van der Waals surface area (Å²) in [6.45, 7) is 13.3. The van der Waals surface area contributed by atoms with Crippen molar-refractivity contribution >= 4 is 0 Å². The van der Waals surface area contributed by atoms with Gasteiger partial charge in [0.15, 0.2) is 0 Å². The van der Waals surface area contributed by atoms with Crippen LogP contribution in [0.4, 0.5) is 0 Å². The van der Waals surface area contributed by atoms with Crippen LogP contribution in [0.3, 0.4) is 0 Å². The van der Waals surface area contributed by atoms with Crippen LogP contribution in [0.5, 0.6) is 0 Å². The lowest BCUT2D eigenvalue weighted by atomic mass is 9.90. The van der Waals surface area contributed by atoms with E-state index >= 15 is 0 Å². The zero-order valence-electron chi connectivity index (χ0n) is 11.4. The van der Waals surface area contributed by atoms with Gasteiger partial charge in [0.05, 0.1) is 0 Å². The van der Waals surface area contributed by atoms with E-state index in [1.165, 1.54) is 23.1 Å². The molecule has 0 fully saturated rings. The molecule has 1 heteroatoms. The zero-order valence-corrected chi connectivity index (χ0v) is 11.4. The van der Waals surface area contributed by atoms with Crippen molar-refractivity contribution in [2.45, 2.75) is 47.6 Å². The van der Waals surface area contributed by atoms with Crippen LogP contribution >= 0.6 is 0 Å². The van der Waals surface area contributed by atoms with E-state index in [1.54, 1.807) is 0 Å². The molecule has 0 heterocycles. The summed E-state index contributed by atoms with van der Waals surface area (Å²) < 4.78 is 0. The van der Waals surface area contributed by atoms with Gasteiger partial charge in [0.25, 0.3) is 0 Å². The standard InChI is InChI=1S/C15H25N/c1-6-15(4,5)11-16-10-14-9-7-8-12(2)13(14)3/h7-9,16H,6,10-11H2,1-5H3. The van der Waals surface area contributed by atoms with Gasteiger partial charge in [0, 0.05) is 13.1 Å². The maximum Gasteiger partial charge on any atom is 0.0208 e. The van der Waals surface area contributed by atoms with Crippen molar-refractivity contribution < 1.29 is 0 Å². The second-order valence-electron chi connectivity index (χ2n) is 5.48. The molecule has 1 N–H and O–H groups in total. The molecule has 1 rings (SSSR count). The molecule has 1 aromatic rings. The fourth-order valence-corrected chi connectivity index (χ4v) is 1.66. The number of aryl methyl sites for hydroxylation is 1. The Bertz CT molecular complexity index is 339. The molecule has 90 valence electrons.